The molecule has 0 radical (unpaired) electrons. The van der Waals surface area contributed by atoms with Crippen LogP contribution in [0.1, 0.15) is 25.0 Å². The fraction of sp³-hybridized carbons (Fsp3) is 0.423. The van der Waals surface area contributed by atoms with Gasteiger partial charge in [0.25, 0.3) is 5.91 Å². The van der Waals surface area contributed by atoms with Crippen LogP contribution in [0.5, 0.6) is 0 Å². The van der Waals surface area contributed by atoms with Crippen LogP contribution >= 0.6 is 0 Å². The second-order valence-electron chi connectivity index (χ2n) is 8.65. The van der Waals surface area contributed by atoms with Crippen LogP contribution in [0.2, 0.25) is 0 Å². The number of allylic oxidation sites excluding steroid dienone is 2. The Hall–Kier alpha value is -3.65. The van der Waals surface area contributed by atoms with Crippen LogP contribution in [0.15, 0.2) is 45.1 Å². The van der Waals surface area contributed by atoms with E-state index in [0.717, 1.165) is 27.4 Å². The zero-order valence-corrected chi connectivity index (χ0v) is 24.4. The van der Waals surface area contributed by atoms with E-state index in [-0.39, 0.29) is 10.5 Å². The Morgan fingerprint density at radius 1 is 1.07 bits per heavy atom. The molecular formula is C26H29F6N3O6Si. The summed E-state index contributed by atoms with van der Waals surface area (Å²) in [5.74, 6) is -1.42. The standard InChI is InChI=1S/C26H29F6N3O6Si/c1-6-34(7-2)18-11-12-19-21(13-18)41-24(37)20(22(19)26(30,31)32)10-8-9-17(14-33)23(36)35(15-25(27,28)29)16-42(38-3,39-4)40-5/h8-13H,6-7,15-16H2,1-5H3. The highest BCUT2D eigenvalue weighted by Gasteiger charge is 2.45. The van der Waals surface area contributed by atoms with E-state index in [1.54, 1.807) is 0 Å². The summed E-state index contributed by atoms with van der Waals surface area (Å²) in [6.07, 6.45) is -8.57. The average molecular weight is 622 g/mol. The highest BCUT2D eigenvalue weighted by Crippen LogP contribution is 2.38. The topological polar surface area (TPSA) is 105 Å². The maximum Gasteiger partial charge on any atom is 0.520 e. The number of nitrogens with zero attached hydrogens (tertiary/aromatic N) is 3. The van der Waals surface area contributed by atoms with E-state index in [1.165, 1.54) is 24.3 Å². The summed E-state index contributed by atoms with van der Waals surface area (Å²) in [5.41, 5.74) is -4.23. The first kappa shape index (κ1) is 34.5. The first-order chi connectivity index (χ1) is 19.6. The largest absolute Gasteiger partial charge is 0.520 e. The normalized spacial score (nSPS) is 13.0. The number of rotatable bonds is 12. The lowest BCUT2D eigenvalue weighted by Gasteiger charge is -2.31. The molecule has 1 heterocycles. The van der Waals surface area contributed by atoms with Crippen molar-refractivity contribution in [3.63, 3.8) is 0 Å². The maximum atomic E-state index is 14.2. The van der Waals surface area contributed by atoms with Gasteiger partial charge in [-0.15, -0.1) is 0 Å². The summed E-state index contributed by atoms with van der Waals surface area (Å²) in [4.78, 5) is 27.6. The molecule has 2 rings (SSSR count). The Morgan fingerprint density at radius 2 is 1.67 bits per heavy atom. The van der Waals surface area contributed by atoms with E-state index in [1.807, 2.05) is 18.7 Å². The molecule has 1 aromatic heterocycles. The van der Waals surface area contributed by atoms with Crippen molar-refractivity contribution in [2.45, 2.75) is 26.2 Å². The van der Waals surface area contributed by atoms with Crippen LogP contribution in [-0.2, 0) is 24.2 Å². The summed E-state index contributed by atoms with van der Waals surface area (Å²) < 4.78 is 103. The molecule has 42 heavy (non-hydrogen) atoms. The van der Waals surface area contributed by atoms with Crippen molar-refractivity contribution in [1.29, 1.82) is 5.26 Å². The lowest BCUT2D eigenvalue weighted by molar-refractivity contribution is -0.158. The molecule has 0 aliphatic rings. The predicted molar refractivity (Wildman–Crippen MR) is 143 cm³/mol. The van der Waals surface area contributed by atoms with E-state index < -0.39 is 67.5 Å². The SMILES string of the molecule is CCN(CC)c1ccc2c(C(F)(F)F)c(C=CC=C(C#N)C(=O)N(CC(F)(F)F)C[Si](OC)(OC)OC)c(=O)oc2c1. The van der Waals surface area contributed by atoms with Crippen molar-refractivity contribution in [3.05, 3.63) is 57.5 Å². The summed E-state index contributed by atoms with van der Waals surface area (Å²) in [6.45, 7) is 3.00. The zero-order chi connectivity index (χ0) is 31.9. The molecule has 0 saturated heterocycles. The van der Waals surface area contributed by atoms with Crippen molar-refractivity contribution in [1.82, 2.24) is 4.90 Å². The molecule has 9 nitrogen and oxygen atoms in total. The van der Waals surface area contributed by atoms with Gasteiger partial charge in [0.1, 0.15) is 23.8 Å². The summed E-state index contributed by atoms with van der Waals surface area (Å²) >= 11 is 0. The van der Waals surface area contributed by atoms with Crippen molar-refractivity contribution in [2.75, 3.05) is 52.0 Å². The molecule has 2 aromatic rings. The minimum atomic E-state index is -5.01. The van der Waals surface area contributed by atoms with E-state index in [9.17, 15) is 41.2 Å². The fourth-order valence-electron chi connectivity index (χ4n) is 4.11. The number of amides is 1. The molecule has 0 fully saturated rings. The lowest BCUT2D eigenvalue weighted by Crippen LogP contribution is -2.56. The number of nitriles is 1. The number of hydrogen-bond acceptors (Lipinski definition) is 8. The number of benzene rings is 1. The Bertz CT molecular complexity index is 1410. The smallest absolute Gasteiger partial charge is 0.422 e. The van der Waals surface area contributed by atoms with Crippen molar-refractivity contribution in [2.24, 2.45) is 0 Å². The van der Waals surface area contributed by atoms with Crippen molar-refractivity contribution >= 4 is 37.4 Å². The quantitative estimate of drug-likeness (QED) is 0.0821. The summed E-state index contributed by atoms with van der Waals surface area (Å²) in [7, 11) is -0.471. The molecule has 1 aromatic carbocycles. The van der Waals surface area contributed by atoms with Gasteiger partial charge in [0.05, 0.1) is 17.3 Å². The molecule has 0 saturated carbocycles. The van der Waals surface area contributed by atoms with E-state index in [4.69, 9.17) is 17.7 Å². The Labute approximate surface area is 238 Å². The van der Waals surface area contributed by atoms with Crippen LogP contribution < -0.4 is 10.5 Å². The van der Waals surface area contributed by atoms with Gasteiger partial charge in [0.15, 0.2) is 0 Å². The van der Waals surface area contributed by atoms with E-state index in [0.29, 0.717) is 30.9 Å². The molecule has 0 spiro atoms. The number of hydrogen-bond donors (Lipinski definition) is 0. The van der Waals surface area contributed by atoms with Gasteiger partial charge in [-0.25, -0.2) is 4.79 Å². The monoisotopic (exact) mass is 621 g/mol. The third-order valence-corrected chi connectivity index (χ3v) is 8.83. The number of halogens is 6. The number of fused-ring (bicyclic) bond motifs is 1. The number of carbonyl (C=O) groups is 1. The Morgan fingerprint density at radius 3 is 2.14 bits per heavy atom. The third kappa shape index (κ3) is 8.22. The van der Waals surface area contributed by atoms with Crippen molar-refractivity contribution in [3.8, 4) is 6.07 Å². The minimum Gasteiger partial charge on any atom is -0.422 e. The van der Waals surface area contributed by atoms with Crippen LogP contribution in [0.3, 0.4) is 0 Å². The van der Waals surface area contributed by atoms with Crippen LogP contribution in [0, 0.1) is 11.3 Å². The maximum absolute atomic E-state index is 14.2. The molecule has 0 aliphatic heterocycles. The second-order valence-corrected chi connectivity index (χ2v) is 11.6. The predicted octanol–water partition coefficient (Wildman–Crippen LogP) is 4.93. The minimum absolute atomic E-state index is 0.227. The average Bonchev–Trinajstić information content (AvgIpc) is 2.92. The first-order valence-electron chi connectivity index (χ1n) is 12.3. The van der Waals surface area contributed by atoms with Crippen LogP contribution in [0.25, 0.3) is 17.0 Å². The molecule has 0 bridgehead atoms. The Kier molecular flexibility index (Phi) is 11.5. The molecular weight excluding hydrogens is 592 g/mol. The highest BCUT2D eigenvalue weighted by molar-refractivity contribution is 6.61. The van der Waals surface area contributed by atoms with Gasteiger partial charge in [-0.3, -0.25) is 4.79 Å². The number of alkyl halides is 6. The summed E-state index contributed by atoms with van der Waals surface area (Å²) in [6, 6.07) is 5.36. The van der Waals surface area contributed by atoms with Gasteiger partial charge in [-0.05, 0) is 38.1 Å². The first-order valence-corrected chi connectivity index (χ1v) is 14.3. The van der Waals surface area contributed by atoms with Gasteiger partial charge < -0.3 is 27.5 Å². The van der Waals surface area contributed by atoms with E-state index in [2.05, 4.69) is 0 Å². The number of anilines is 1. The molecule has 0 atom stereocenters. The molecule has 1 amide bonds. The van der Waals surface area contributed by atoms with Gasteiger partial charge in [-0.1, -0.05) is 6.08 Å². The molecule has 0 N–H and O–H groups in total. The van der Waals surface area contributed by atoms with Crippen LogP contribution in [-0.4, -0.2) is 72.9 Å². The van der Waals surface area contributed by atoms with Gasteiger partial charge in [0, 0.05) is 51.6 Å². The zero-order valence-electron chi connectivity index (χ0n) is 23.4. The fourth-order valence-corrected chi connectivity index (χ4v) is 5.72. The molecule has 0 unspecified atom stereocenters. The van der Waals surface area contributed by atoms with Crippen LogP contribution in [0.4, 0.5) is 32.0 Å². The number of carbonyl (C=O) groups excluding carboxylic acids is 1. The van der Waals surface area contributed by atoms with Gasteiger partial charge in [-0.2, -0.15) is 31.6 Å². The van der Waals surface area contributed by atoms with E-state index >= 15 is 0 Å². The highest BCUT2D eigenvalue weighted by atomic mass is 28.4. The second kappa shape index (κ2) is 14.0. The molecule has 0 aliphatic carbocycles. The van der Waals surface area contributed by atoms with Gasteiger partial charge in [0.2, 0.25) is 0 Å². The third-order valence-electron chi connectivity index (χ3n) is 6.19. The van der Waals surface area contributed by atoms with Crippen molar-refractivity contribution < 1.29 is 48.8 Å². The lowest BCUT2D eigenvalue weighted by atomic mass is 10.0. The Balaban J connectivity index is 2.60. The van der Waals surface area contributed by atoms with Gasteiger partial charge >= 0.3 is 26.8 Å². The summed E-state index contributed by atoms with van der Waals surface area (Å²) in [5, 5.41) is 9.07. The molecule has 230 valence electrons. The molecule has 16 heteroatoms.